The van der Waals surface area contributed by atoms with Gasteiger partial charge in [-0.2, -0.15) is 5.26 Å². The summed E-state index contributed by atoms with van der Waals surface area (Å²) >= 11 is 2.66. The third-order valence-corrected chi connectivity index (χ3v) is 6.40. The van der Waals surface area contributed by atoms with Crippen LogP contribution in [0.5, 0.6) is 0 Å². The van der Waals surface area contributed by atoms with Gasteiger partial charge in [-0.05, 0) is 30.5 Å². The van der Waals surface area contributed by atoms with E-state index in [9.17, 15) is 14.4 Å². The van der Waals surface area contributed by atoms with E-state index in [0.717, 1.165) is 37.7 Å². The molecule has 142 valence electrons. The van der Waals surface area contributed by atoms with Gasteiger partial charge in [0.25, 0.3) is 0 Å². The van der Waals surface area contributed by atoms with Crippen LogP contribution in [-0.4, -0.2) is 27.4 Å². The van der Waals surface area contributed by atoms with E-state index in [1.165, 1.54) is 35.2 Å². The fraction of sp³-hybridized carbons (Fsp3) is 0.444. The smallest absolute Gasteiger partial charge is 0.231 e. The molecule has 1 aliphatic rings. The van der Waals surface area contributed by atoms with Gasteiger partial charge in [0.15, 0.2) is 4.34 Å². The lowest BCUT2D eigenvalue weighted by Crippen LogP contribution is -2.49. The zero-order chi connectivity index (χ0) is 19.1. The Morgan fingerprint density at radius 3 is 2.70 bits per heavy atom. The highest BCUT2D eigenvalue weighted by Crippen LogP contribution is 2.29. The van der Waals surface area contributed by atoms with E-state index in [4.69, 9.17) is 0 Å². The average Bonchev–Trinajstić information content (AvgIpc) is 3.15. The summed E-state index contributed by atoms with van der Waals surface area (Å²) in [4.78, 5) is 12.2. The molecule has 1 aliphatic carbocycles. The third-order valence-electron chi connectivity index (χ3n) is 4.39. The number of benzene rings is 1. The average molecular weight is 406 g/mol. The highest BCUT2D eigenvalue weighted by molar-refractivity contribution is 8.01. The van der Waals surface area contributed by atoms with Gasteiger partial charge in [0.2, 0.25) is 11.0 Å². The molecule has 2 N–H and O–H groups in total. The van der Waals surface area contributed by atoms with Crippen molar-refractivity contribution in [2.24, 2.45) is 0 Å². The summed E-state index contributed by atoms with van der Waals surface area (Å²) in [5, 5.41) is 24.2. The van der Waals surface area contributed by atoms with Crippen molar-refractivity contribution in [2.75, 3.05) is 11.1 Å². The topological polar surface area (TPSA) is 90.7 Å². The highest BCUT2D eigenvalue weighted by atomic mass is 32.2. The second kappa shape index (κ2) is 9.15. The molecule has 0 unspecified atom stereocenters. The number of hydrogen-bond acceptors (Lipinski definition) is 7. The summed E-state index contributed by atoms with van der Waals surface area (Å²) in [6, 6.07) is 8.53. The zero-order valence-corrected chi connectivity index (χ0v) is 16.3. The van der Waals surface area contributed by atoms with Crippen LogP contribution in [0.4, 0.5) is 9.52 Å². The van der Waals surface area contributed by atoms with Gasteiger partial charge in [-0.25, -0.2) is 4.39 Å². The number of nitrogens with one attached hydrogen (secondary N) is 2. The number of hydrogen-bond donors (Lipinski definition) is 2. The van der Waals surface area contributed by atoms with Crippen molar-refractivity contribution in [3.05, 3.63) is 35.6 Å². The SMILES string of the molecule is N#CC1(NC(=O)CSc2nnc(NCc3ccc(F)cc3)s2)CCCCC1. The van der Waals surface area contributed by atoms with Gasteiger partial charge in [0.05, 0.1) is 11.8 Å². The highest BCUT2D eigenvalue weighted by Gasteiger charge is 2.33. The lowest BCUT2D eigenvalue weighted by molar-refractivity contribution is -0.120. The molecule has 27 heavy (non-hydrogen) atoms. The molecule has 2 aromatic rings. The largest absolute Gasteiger partial charge is 0.356 e. The molecule has 1 aromatic carbocycles. The van der Waals surface area contributed by atoms with Crippen LogP contribution >= 0.6 is 23.1 Å². The number of anilines is 1. The van der Waals surface area contributed by atoms with Gasteiger partial charge < -0.3 is 10.6 Å². The number of nitrogens with zero attached hydrogens (tertiary/aromatic N) is 3. The molecule has 1 fully saturated rings. The summed E-state index contributed by atoms with van der Waals surface area (Å²) in [7, 11) is 0. The van der Waals surface area contributed by atoms with Crippen LogP contribution in [0, 0.1) is 17.1 Å². The molecular formula is C18H20FN5OS2. The van der Waals surface area contributed by atoms with Crippen molar-refractivity contribution in [1.82, 2.24) is 15.5 Å². The Kier molecular flexibility index (Phi) is 6.63. The molecule has 1 amide bonds. The number of aromatic nitrogens is 2. The Labute approximate surface area is 165 Å². The molecular weight excluding hydrogens is 385 g/mol. The van der Waals surface area contributed by atoms with E-state index >= 15 is 0 Å². The minimum atomic E-state index is -0.709. The molecule has 0 saturated heterocycles. The first-order chi connectivity index (χ1) is 13.1. The predicted molar refractivity (Wildman–Crippen MR) is 104 cm³/mol. The molecule has 1 heterocycles. The minimum Gasteiger partial charge on any atom is -0.356 e. The van der Waals surface area contributed by atoms with Crippen LogP contribution in [0.3, 0.4) is 0 Å². The van der Waals surface area contributed by atoms with Crippen LogP contribution in [0.2, 0.25) is 0 Å². The number of carbonyl (C=O) groups is 1. The van der Waals surface area contributed by atoms with E-state index < -0.39 is 5.54 Å². The van der Waals surface area contributed by atoms with Gasteiger partial charge in [0.1, 0.15) is 11.4 Å². The summed E-state index contributed by atoms with van der Waals surface area (Å²) in [5.41, 5.74) is 0.230. The standard InChI is InChI=1S/C18H20FN5OS2/c19-14-6-4-13(5-7-14)10-21-16-23-24-17(27-16)26-11-15(25)22-18(12-20)8-2-1-3-9-18/h4-7H,1-3,8-11H2,(H,21,23)(H,22,25). The maximum absolute atomic E-state index is 12.9. The summed E-state index contributed by atoms with van der Waals surface area (Å²) in [6.07, 6.45) is 4.50. The molecule has 6 nitrogen and oxygen atoms in total. The molecule has 3 rings (SSSR count). The van der Waals surface area contributed by atoms with Crippen LogP contribution < -0.4 is 10.6 Å². The number of thioether (sulfide) groups is 1. The lowest BCUT2D eigenvalue weighted by atomic mass is 9.83. The van der Waals surface area contributed by atoms with Gasteiger partial charge in [0, 0.05) is 6.54 Å². The fourth-order valence-electron chi connectivity index (χ4n) is 2.97. The van der Waals surface area contributed by atoms with Crippen LogP contribution in [0.1, 0.15) is 37.7 Å². The first kappa shape index (κ1) is 19.6. The van der Waals surface area contributed by atoms with Crippen LogP contribution in [0.15, 0.2) is 28.6 Å². The fourth-order valence-corrected chi connectivity index (χ4v) is 4.52. The molecule has 0 aliphatic heterocycles. The summed E-state index contributed by atoms with van der Waals surface area (Å²) in [5.74, 6) is -0.215. The predicted octanol–water partition coefficient (Wildman–Crippen LogP) is 3.72. The van der Waals surface area contributed by atoms with Crippen LogP contribution in [-0.2, 0) is 11.3 Å². The van der Waals surface area contributed by atoms with Crippen molar-refractivity contribution < 1.29 is 9.18 Å². The number of amides is 1. The molecule has 1 aromatic heterocycles. The first-order valence-electron chi connectivity index (χ1n) is 8.75. The quantitative estimate of drug-likeness (QED) is 0.682. The van der Waals surface area contributed by atoms with Crippen molar-refractivity contribution >= 4 is 34.1 Å². The molecule has 0 radical (unpaired) electrons. The molecule has 9 heteroatoms. The van der Waals surface area contributed by atoms with E-state index in [1.54, 1.807) is 12.1 Å². The molecule has 1 saturated carbocycles. The van der Waals surface area contributed by atoms with E-state index in [-0.39, 0.29) is 17.5 Å². The number of carbonyl (C=O) groups excluding carboxylic acids is 1. The summed E-state index contributed by atoms with van der Waals surface area (Å²) in [6.45, 7) is 0.519. The minimum absolute atomic E-state index is 0.153. The number of nitriles is 1. The van der Waals surface area contributed by atoms with Gasteiger partial charge in [-0.3, -0.25) is 4.79 Å². The van der Waals surface area contributed by atoms with E-state index in [0.29, 0.717) is 16.0 Å². The maximum atomic E-state index is 12.9. The zero-order valence-electron chi connectivity index (χ0n) is 14.7. The first-order valence-corrected chi connectivity index (χ1v) is 10.6. The monoisotopic (exact) mass is 405 g/mol. The molecule has 0 bridgehead atoms. The Balaban J connectivity index is 1.45. The maximum Gasteiger partial charge on any atom is 0.231 e. The normalized spacial score (nSPS) is 15.7. The number of rotatable bonds is 7. The van der Waals surface area contributed by atoms with Crippen molar-refractivity contribution in [2.45, 2.75) is 48.5 Å². The Morgan fingerprint density at radius 1 is 1.26 bits per heavy atom. The van der Waals surface area contributed by atoms with Crippen molar-refractivity contribution in [3.63, 3.8) is 0 Å². The lowest BCUT2D eigenvalue weighted by Gasteiger charge is -2.31. The van der Waals surface area contributed by atoms with E-state index in [1.807, 2.05) is 0 Å². The Bertz CT molecular complexity index is 812. The molecule has 0 spiro atoms. The Morgan fingerprint density at radius 2 is 2.00 bits per heavy atom. The van der Waals surface area contributed by atoms with Crippen LogP contribution in [0.25, 0.3) is 0 Å². The van der Waals surface area contributed by atoms with Gasteiger partial charge in [-0.1, -0.05) is 54.5 Å². The second-order valence-electron chi connectivity index (χ2n) is 6.44. The molecule has 0 atom stereocenters. The number of halogens is 1. The Hall–Kier alpha value is -2.18. The van der Waals surface area contributed by atoms with Crippen molar-refractivity contribution in [1.29, 1.82) is 5.26 Å². The van der Waals surface area contributed by atoms with E-state index in [2.05, 4.69) is 26.9 Å². The second-order valence-corrected chi connectivity index (χ2v) is 8.64. The van der Waals surface area contributed by atoms with Crippen molar-refractivity contribution in [3.8, 4) is 6.07 Å². The van der Waals surface area contributed by atoms with Gasteiger partial charge >= 0.3 is 0 Å². The summed E-state index contributed by atoms with van der Waals surface area (Å²) < 4.78 is 13.6. The van der Waals surface area contributed by atoms with Gasteiger partial charge in [-0.15, -0.1) is 10.2 Å². The third kappa shape index (κ3) is 5.65.